The van der Waals surface area contributed by atoms with Crippen molar-refractivity contribution in [2.75, 3.05) is 0 Å². The molecule has 0 nitrogen and oxygen atoms in total. The predicted molar refractivity (Wildman–Crippen MR) is 115 cm³/mol. The maximum absolute atomic E-state index is 2.64. The summed E-state index contributed by atoms with van der Waals surface area (Å²) in [7, 11) is 0. The topological polar surface area (TPSA) is 0 Å². The van der Waals surface area contributed by atoms with Gasteiger partial charge < -0.3 is 0 Å². The van der Waals surface area contributed by atoms with E-state index in [0.717, 1.165) is 0 Å². The fraction of sp³-hybridized carbons (Fsp3) is 0. The zero-order valence-corrected chi connectivity index (χ0v) is 18.0. The average Bonchev–Trinajstić information content (AvgIpc) is 2.58. The summed E-state index contributed by atoms with van der Waals surface area (Å²) in [4.78, 5) is 0. The van der Waals surface area contributed by atoms with Gasteiger partial charge in [-0.1, -0.05) is 0 Å². The quantitative estimate of drug-likeness (QED) is 0.233. The van der Waals surface area contributed by atoms with E-state index in [1.807, 2.05) is 0 Å². The van der Waals surface area contributed by atoms with E-state index in [2.05, 4.69) is 132 Å². The monoisotopic (exact) mass is 580 g/mol. The molecule has 0 aliphatic heterocycles. The van der Waals surface area contributed by atoms with Crippen molar-refractivity contribution in [1.29, 1.82) is 0 Å². The van der Waals surface area contributed by atoms with Crippen molar-refractivity contribution >= 4 is 62.6 Å². The summed E-state index contributed by atoms with van der Waals surface area (Å²) in [6.45, 7) is 0.291. The Morgan fingerprint density at radius 1 is 0.500 bits per heavy atom. The van der Waals surface area contributed by atoms with E-state index in [0.29, 0.717) is 6.96 Å². The van der Waals surface area contributed by atoms with Crippen molar-refractivity contribution in [1.82, 2.24) is 0 Å². The van der Waals surface area contributed by atoms with Gasteiger partial charge in [0.1, 0.15) is 0 Å². The van der Waals surface area contributed by atoms with Gasteiger partial charge in [0.05, 0.1) is 0 Å². The fourth-order valence-corrected chi connectivity index (χ4v) is 23.1. The van der Waals surface area contributed by atoms with Crippen LogP contribution in [0.3, 0.4) is 0 Å². The number of halogens is 2. The van der Waals surface area contributed by atoms with Crippen LogP contribution in [0, 0.1) is 0 Å². The average molecular weight is 581 g/mol. The first-order valence-corrected chi connectivity index (χ1v) is 16.2. The summed E-state index contributed by atoms with van der Waals surface area (Å²) in [6, 6.07) is 33.2. The van der Waals surface area contributed by atoms with E-state index in [1.165, 1.54) is 15.9 Å². The molecule has 0 heterocycles. The second-order valence-corrected chi connectivity index (χ2v) is 27.2. The van der Waals surface area contributed by atoms with Crippen molar-refractivity contribution < 1.29 is 6.96 Å². The molecule has 0 fully saturated rings. The summed E-state index contributed by atoms with van der Waals surface area (Å²) in [5.41, 5.74) is 0. The number of rotatable bonds is 4. The molecule has 0 amide bonds. The van der Waals surface area contributed by atoms with Gasteiger partial charge in [-0.3, -0.25) is 0 Å². The molecule has 0 saturated carbocycles. The Balaban J connectivity index is 2.34. The Hall–Kier alpha value is 0.0695. The maximum atomic E-state index is 2.64. The Labute approximate surface area is 159 Å². The third-order valence-electron chi connectivity index (χ3n) is 3.62. The van der Waals surface area contributed by atoms with Gasteiger partial charge in [0.2, 0.25) is 0 Å². The van der Waals surface area contributed by atoms with E-state index in [1.54, 1.807) is 0 Å². The van der Waals surface area contributed by atoms with E-state index < -0.39 is 5.95 Å². The molecule has 118 valence electrons. The number of hydrogen-bond acceptors (Lipinski definition) is 0. The molecule has 0 radical (unpaired) electrons. The van der Waals surface area contributed by atoms with Crippen LogP contribution in [0.5, 0.6) is 0 Å². The van der Waals surface area contributed by atoms with Gasteiger partial charge in [-0.15, -0.1) is 0 Å². The summed E-state index contributed by atoms with van der Waals surface area (Å²) < 4.78 is 0. The van der Waals surface area contributed by atoms with Crippen molar-refractivity contribution in [2.45, 2.75) is 0 Å². The Morgan fingerprint density at radius 3 is 1.00 bits per heavy atom. The van der Waals surface area contributed by atoms with E-state index in [-0.39, 0.29) is 0 Å². The molecule has 0 N–H and O–H groups in total. The van der Waals surface area contributed by atoms with Crippen LogP contribution in [0.2, 0.25) is 0 Å². The van der Waals surface area contributed by atoms with E-state index in [4.69, 9.17) is 0 Å². The molecule has 0 aliphatic carbocycles. The van der Waals surface area contributed by atoms with Crippen LogP contribution in [0.1, 0.15) is 0 Å². The van der Waals surface area contributed by atoms with Crippen LogP contribution in [0.25, 0.3) is 0 Å². The molecule has 3 aromatic carbocycles. The van der Waals surface area contributed by atoms with Crippen molar-refractivity contribution in [3.63, 3.8) is 0 Å². The zero-order valence-electron chi connectivity index (χ0n) is 11.7. The van der Waals surface area contributed by atoms with E-state index in [9.17, 15) is 0 Å². The predicted octanol–water partition coefficient (Wildman–Crippen LogP) is 4.95. The summed E-state index contributed by atoms with van der Waals surface area (Å²) >= 11 is 5.27. The van der Waals surface area contributed by atoms with E-state index >= 15 is 0 Å². The molecule has 3 rings (SSSR count). The van der Waals surface area contributed by atoms with Gasteiger partial charge in [0.25, 0.3) is 0 Å². The van der Waals surface area contributed by atoms with Crippen molar-refractivity contribution in [2.24, 2.45) is 0 Å². The Bertz CT molecular complexity index is 621. The van der Waals surface area contributed by atoms with Gasteiger partial charge >= 0.3 is 161 Å². The Morgan fingerprint density at radius 2 is 0.773 bits per heavy atom. The summed E-state index contributed by atoms with van der Waals surface area (Å²) in [5.74, 6) is -2.01. The van der Waals surface area contributed by atoms with Crippen molar-refractivity contribution in [3.8, 4) is 0 Å². The van der Waals surface area contributed by atoms with Crippen LogP contribution in [0.15, 0.2) is 91.0 Å². The molecule has 0 atom stereocenters. The molecule has 22 heavy (non-hydrogen) atoms. The Kier molecular flexibility index (Phi) is 5.97. The van der Waals surface area contributed by atoms with Gasteiger partial charge in [-0.25, -0.2) is 0 Å². The molecular weight excluding hydrogens is 565 g/mol. The minimum atomic E-state index is -2.01. The minimum absolute atomic E-state index is 0.291. The third-order valence-corrected chi connectivity index (χ3v) is 23.3. The first-order valence-electron chi connectivity index (χ1n) is 6.86. The summed E-state index contributed by atoms with van der Waals surface area (Å²) in [5, 5.41) is 4.45. The first-order chi connectivity index (χ1) is 10.8. The number of hydrogen-bond donors (Lipinski definition) is 0. The molecule has 0 aromatic heterocycles. The molecule has 0 spiro atoms. The normalized spacial score (nSPS) is 12.7. The third kappa shape index (κ3) is 3.16. The molecule has 0 unspecified atom stereocenters. The second kappa shape index (κ2) is 7.76. The summed E-state index contributed by atoms with van der Waals surface area (Å²) in [6.07, 6.45) is 0. The molecule has 0 bridgehead atoms. The van der Waals surface area contributed by atoms with Crippen LogP contribution >= 0.6 is 46.6 Å². The van der Waals surface area contributed by atoms with Crippen molar-refractivity contribution in [3.05, 3.63) is 91.0 Å². The first kappa shape index (κ1) is 16.9. The van der Waals surface area contributed by atoms with Gasteiger partial charge in [0.15, 0.2) is 0 Å². The SMILES string of the molecule is [I][Cu]([I])[PH](c1ccccc1)(c1ccccc1)c1ccccc1. The van der Waals surface area contributed by atoms with Crippen LogP contribution in [-0.4, -0.2) is 0 Å². The second-order valence-electron chi connectivity index (χ2n) is 4.86. The standard InChI is InChI=1S/C18H15P.Cu.2HI/c1-4-10-16(11-5-1)19(17-12-6-2-7-13-17)18-14-8-3-9-15-18;;;/h1-15H;;2*1H/q;+1;;/p-1. The molecular formula is C18H16CuI2P. The van der Waals surface area contributed by atoms with Gasteiger partial charge in [-0.05, 0) is 0 Å². The fourth-order valence-electron chi connectivity index (χ4n) is 2.66. The van der Waals surface area contributed by atoms with Gasteiger partial charge in [0, 0.05) is 0 Å². The van der Waals surface area contributed by atoms with Crippen LogP contribution in [0.4, 0.5) is 0 Å². The molecule has 4 heteroatoms. The molecule has 3 aromatic rings. The zero-order chi connectivity index (χ0) is 15.4. The molecule has 0 saturated heterocycles. The van der Waals surface area contributed by atoms with Crippen LogP contribution < -0.4 is 15.9 Å². The van der Waals surface area contributed by atoms with Gasteiger partial charge in [-0.2, -0.15) is 0 Å². The number of benzene rings is 3. The molecule has 0 aliphatic rings. The van der Waals surface area contributed by atoms with Crippen LogP contribution in [-0.2, 0) is 6.96 Å².